The standard InChI is InChI=1S/C17H32N2S2/c1-2-15-10-18-17(14-6-4-3-5-7-14)12-19(15)11-16-13-20-8-9-21-16/h14-18H,2-13H2,1H3. The second kappa shape index (κ2) is 8.47. The fraction of sp³-hybridized carbons (Fsp3) is 1.00. The van der Waals surface area contributed by atoms with Crippen molar-refractivity contribution in [3.8, 4) is 0 Å². The second-order valence-electron chi connectivity index (χ2n) is 7.00. The van der Waals surface area contributed by atoms with Gasteiger partial charge in [-0.05, 0) is 25.2 Å². The van der Waals surface area contributed by atoms with E-state index in [0.29, 0.717) is 0 Å². The largest absolute Gasteiger partial charge is 0.311 e. The highest BCUT2D eigenvalue weighted by Gasteiger charge is 2.33. The van der Waals surface area contributed by atoms with Crippen LogP contribution >= 0.6 is 23.5 Å². The average molecular weight is 329 g/mol. The van der Waals surface area contributed by atoms with Crippen LogP contribution in [0.4, 0.5) is 0 Å². The van der Waals surface area contributed by atoms with Crippen LogP contribution in [0, 0.1) is 5.92 Å². The molecule has 3 rings (SSSR count). The van der Waals surface area contributed by atoms with Crippen LogP contribution in [0.3, 0.4) is 0 Å². The Morgan fingerprint density at radius 3 is 2.71 bits per heavy atom. The molecule has 2 aliphatic heterocycles. The first kappa shape index (κ1) is 16.5. The minimum atomic E-state index is 0.773. The highest BCUT2D eigenvalue weighted by molar-refractivity contribution is 8.06. The van der Waals surface area contributed by atoms with Gasteiger partial charge in [0, 0.05) is 54.2 Å². The van der Waals surface area contributed by atoms with Gasteiger partial charge < -0.3 is 5.32 Å². The molecule has 0 amide bonds. The lowest BCUT2D eigenvalue weighted by Gasteiger charge is -2.45. The lowest BCUT2D eigenvalue weighted by Crippen LogP contribution is -2.60. The summed E-state index contributed by atoms with van der Waals surface area (Å²) >= 11 is 4.39. The number of nitrogens with one attached hydrogen (secondary N) is 1. The molecular formula is C17H32N2S2. The number of nitrogens with zero attached hydrogens (tertiary/aromatic N) is 1. The van der Waals surface area contributed by atoms with Crippen molar-refractivity contribution in [2.75, 3.05) is 36.9 Å². The van der Waals surface area contributed by atoms with Gasteiger partial charge in [-0.25, -0.2) is 0 Å². The smallest absolute Gasteiger partial charge is 0.0265 e. The van der Waals surface area contributed by atoms with E-state index in [1.54, 1.807) is 0 Å². The van der Waals surface area contributed by atoms with Crippen LogP contribution in [-0.2, 0) is 0 Å². The van der Waals surface area contributed by atoms with Crippen LogP contribution in [-0.4, -0.2) is 59.1 Å². The summed E-state index contributed by atoms with van der Waals surface area (Å²) in [5.74, 6) is 5.06. The highest BCUT2D eigenvalue weighted by Crippen LogP contribution is 2.30. The van der Waals surface area contributed by atoms with E-state index >= 15 is 0 Å². The quantitative estimate of drug-likeness (QED) is 0.849. The average Bonchev–Trinajstić information content (AvgIpc) is 2.56. The molecule has 3 fully saturated rings. The van der Waals surface area contributed by atoms with Gasteiger partial charge in [0.05, 0.1) is 0 Å². The lowest BCUT2D eigenvalue weighted by atomic mass is 9.82. The Bertz CT molecular complexity index is 301. The maximum atomic E-state index is 3.90. The van der Waals surface area contributed by atoms with Crippen molar-refractivity contribution in [3.05, 3.63) is 0 Å². The molecule has 0 spiro atoms. The summed E-state index contributed by atoms with van der Waals surface area (Å²) in [6, 6.07) is 1.55. The minimum absolute atomic E-state index is 0.773. The first-order chi connectivity index (χ1) is 10.4. The Hall–Kier alpha value is 0.620. The molecule has 3 atom stereocenters. The Balaban J connectivity index is 1.55. The maximum Gasteiger partial charge on any atom is 0.0265 e. The summed E-state index contributed by atoms with van der Waals surface area (Å²) in [7, 11) is 0. The van der Waals surface area contributed by atoms with Gasteiger partial charge in [-0.1, -0.05) is 26.2 Å². The zero-order valence-corrected chi connectivity index (χ0v) is 15.2. The molecule has 3 aliphatic rings. The summed E-state index contributed by atoms with van der Waals surface area (Å²) in [4.78, 5) is 2.85. The zero-order chi connectivity index (χ0) is 14.5. The lowest BCUT2D eigenvalue weighted by molar-refractivity contribution is 0.0952. The Morgan fingerprint density at radius 2 is 2.00 bits per heavy atom. The van der Waals surface area contributed by atoms with Gasteiger partial charge in [-0.2, -0.15) is 23.5 Å². The van der Waals surface area contributed by atoms with E-state index in [9.17, 15) is 0 Å². The van der Waals surface area contributed by atoms with Crippen molar-refractivity contribution < 1.29 is 0 Å². The van der Waals surface area contributed by atoms with E-state index in [0.717, 1.165) is 23.3 Å². The molecule has 1 aliphatic carbocycles. The molecule has 0 bridgehead atoms. The molecule has 122 valence electrons. The Morgan fingerprint density at radius 1 is 1.14 bits per heavy atom. The minimum Gasteiger partial charge on any atom is -0.311 e. The second-order valence-corrected chi connectivity index (χ2v) is 9.55. The normalized spacial score (nSPS) is 36.7. The summed E-state index contributed by atoms with van der Waals surface area (Å²) in [5, 5.41) is 4.78. The fourth-order valence-electron chi connectivity index (χ4n) is 4.26. The fourth-order valence-corrected chi connectivity index (χ4v) is 6.96. The van der Waals surface area contributed by atoms with E-state index in [4.69, 9.17) is 0 Å². The van der Waals surface area contributed by atoms with E-state index in [-0.39, 0.29) is 0 Å². The molecule has 21 heavy (non-hydrogen) atoms. The summed E-state index contributed by atoms with van der Waals surface area (Å²) in [6.07, 6.45) is 8.65. The third-order valence-corrected chi connectivity index (χ3v) is 8.40. The van der Waals surface area contributed by atoms with E-state index in [1.807, 2.05) is 0 Å². The van der Waals surface area contributed by atoms with Crippen molar-refractivity contribution in [2.24, 2.45) is 5.92 Å². The number of thioether (sulfide) groups is 2. The first-order valence-electron chi connectivity index (χ1n) is 9.03. The van der Waals surface area contributed by atoms with Gasteiger partial charge in [0.25, 0.3) is 0 Å². The van der Waals surface area contributed by atoms with Gasteiger partial charge >= 0.3 is 0 Å². The summed E-state index contributed by atoms with van der Waals surface area (Å²) < 4.78 is 0. The van der Waals surface area contributed by atoms with Crippen molar-refractivity contribution >= 4 is 23.5 Å². The van der Waals surface area contributed by atoms with Gasteiger partial charge in [-0.3, -0.25) is 4.90 Å². The van der Waals surface area contributed by atoms with E-state index in [2.05, 4.69) is 40.7 Å². The van der Waals surface area contributed by atoms with Crippen LogP contribution in [0.5, 0.6) is 0 Å². The molecule has 3 unspecified atom stereocenters. The first-order valence-corrected chi connectivity index (χ1v) is 11.2. The Kier molecular flexibility index (Phi) is 6.64. The number of piperazine rings is 1. The highest BCUT2D eigenvalue weighted by atomic mass is 32.2. The third kappa shape index (κ3) is 4.55. The monoisotopic (exact) mass is 328 g/mol. The van der Waals surface area contributed by atoms with E-state index < -0.39 is 0 Å². The summed E-state index contributed by atoms with van der Waals surface area (Å²) in [5.41, 5.74) is 0. The molecule has 0 aromatic heterocycles. The SMILES string of the molecule is CCC1CNC(C2CCCCC2)CN1CC1CSCCS1. The van der Waals surface area contributed by atoms with Crippen LogP contribution in [0.1, 0.15) is 45.4 Å². The van der Waals surface area contributed by atoms with Crippen LogP contribution < -0.4 is 5.32 Å². The topological polar surface area (TPSA) is 15.3 Å². The molecule has 1 N–H and O–H groups in total. The van der Waals surface area contributed by atoms with Crippen molar-refractivity contribution in [3.63, 3.8) is 0 Å². The predicted molar refractivity (Wildman–Crippen MR) is 97.6 cm³/mol. The maximum absolute atomic E-state index is 3.90. The van der Waals surface area contributed by atoms with Crippen molar-refractivity contribution in [1.29, 1.82) is 0 Å². The van der Waals surface area contributed by atoms with Gasteiger partial charge in [-0.15, -0.1) is 0 Å². The predicted octanol–water partition coefficient (Wildman–Crippen LogP) is 3.47. The van der Waals surface area contributed by atoms with Gasteiger partial charge in [0.2, 0.25) is 0 Å². The molecule has 4 heteroatoms. The van der Waals surface area contributed by atoms with Gasteiger partial charge in [0.1, 0.15) is 0 Å². The van der Waals surface area contributed by atoms with Crippen LogP contribution in [0.15, 0.2) is 0 Å². The molecule has 1 saturated carbocycles. The molecule has 2 heterocycles. The molecule has 0 radical (unpaired) electrons. The molecule has 2 nitrogen and oxygen atoms in total. The zero-order valence-electron chi connectivity index (χ0n) is 13.6. The summed E-state index contributed by atoms with van der Waals surface area (Å²) in [6.45, 7) is 6.23. The molecule has 2 saturated heterocycles. The number of hydrogen-bond acceptors (Lipinski definition) is 4. The number of hydrogen-bond donors (Lipinski definition) is 1. The van der Waals surface area contributed by atoms with Crippen LogP contribution in [0.25, 0.3) is 0 Å². The van der Waals surface area contributed by atoms with Crippen molar-refractivity contribution in [1.82, 2.24) is 10.2 Å². The molecule has 0 aromatic carbocycles. The number of rotatable bonds is 4. The van der Waals surface area contributed by atoms with Crippen LogP contribution in [0.2, 0.25) is 0 Å². The third-order valence-electron chi connectivity index (χ3n) is 5.58. The molecule has 0 aromatic rings. The van der Waals surface area contributed by atoms with Gasteiger partial charge in [0.15, 0.2) is 0 Å². The molecular weight excluding hydrogens is 296 g/mol. The Labute approximate surface area is 139 Å². The van der Waals surface area contributed by atoms with Crippen molar-refractivity contribution in [2.45, 2.75) is 62.8 Å². The van der Waals surface area contributed by atoms with E-state index in [1.165, 1.54) is 75.4 Å².